The highest BCUT2D eigenvalue weighted by Crippen LogP contribution is 2.33. The van der Waals surface area contributed by atoms with Crippen LogP contribution in [0.25, 0.3) is 22.3 Å². The molecule has 36 heavy (non-hydrogen) atoms. The van der Waals surface area contributed by atoms with Crippen LogP contribution in [0.4, 0.5) is 0 Å². The lowest BCUT2D eigenvalue weighted by Crippen LogP contribution is -2.40. The molecule has 5 rings (SSSR count). The molecule has 4 heteroatoms. The molecule has 3 N–H and O–H groups in total. The fourth-order valence-electron chi connectivity index (χ4n) is 5.05. The number of phenolic OH excluding ortho intramolecular Hbond substituents is 2. The van der Waals surface area contributed by atoms with Gasteiger partial charge in [0.25, 0.3) is 0 Å². The van der Waals surface area contributed by atoms with Gasteiger partial charge in [-0.15, -0.1) is 0 Å². The van der Waals surface area contributed by atoms with Gasteiger partial charge in [0.2, 0.25) is 0 Å². The predicted octanol–water partition coefficient (Wildman–Crippen LogP) is 6.95. The molecule has 0 heterocycles. The van der Waals surface area contributed by atoms with E-state index in [1.54, 1.807) is 0 Å². The molecule has 0 aliphatic heterocycles. The number of aromatic hydroxyl groups is 2. The van der Waals surface area contributed by atoms with Gasteiger partial charge >= 0.3 is 0 Å². The standard InChI is InChI=1S/C32H32N2O2/c35-31-25(15-9-17-27(31)23-11-3-1-4-12-23)21-33-29-19-7-8-20-30(29)34-22-26-16-10-18-28(32(26)36)24-13-5-2-6-14-24/h1-6,9-18,21,29-30,34-36H,7-8,19-20,22H2/b33-21+. The quantitative estimate of drug-likeness (QED) is 0.253. The molecule has 1 aliphatic carbocycles. The van der Waals surface area contributed by atoms with E-state index in [-0.39, 0.29) is 17.8 Å². The number of benzene rings is 4. The van der Waals surface area contributed by atoms with Crippen molar-refractivity contribution in [2.45, 2.75) is 44.3 Å². The van der Waals surface area contributed by atoms with Gasteiger partial charge in [0.05, 0.1) is 6.04 Å². The number of hydrogen-bond acceptors (Lipinski definition) is 4. The van der Waals surface area contributed by atoms with Crippen molar-refractivity contribution in [1.29, 1.82) is 0 Å². The summed E-state index contributed by atoms with van der Waals surface area (Å²) in [6, 6.07) is 32.0. The summed E-state index contributed by atoms with van der Waals surface area (Å²) >= 11 is 0. The van der Waals surface area contributed by atoms with E-state index in [2.05, 4.69) is 5.32 Å². The highest BCUT2D eigenvalue weighted by atomic mass is 16.3. The second-order valence-corrected chi connectivity index (χ2v) is 9.41. The summed E-state index contributed by atoms with van der Waals surface area (Å²) in [6.07, 6.45) is 6.17. The van der Waals surface area contributed by atoms with Crippen molar-refractivity contribution in [3.05, 3.63) is 108 Å². The van der Waals surface area contributed by atoms with Crippen molar-refractivity contribution in [3.8, 4) is 33.8 Å². The third-order valence-corrected chi connectivity index (χ3v) is 7.05. The molecule has 0 aromatic heterocycles. The van der Waals surface area contributed by atoms with Crippen molar-refractivity contribution in [1.82, 2.24) is 5.32 Å². The molecule has 4 aromatic rings. The van der Waals surface area contributed by atoms with Crippen LogP contribution in [0, 0.1) is 0 Å². The SMILES string of the molecule is Oc1c(/C=N/C2CCCCC2NCc2cccc(-c3ccccc3)c2O)cccc1-c1ccccc1. The highest BCUT2D eigenvalue weighted by molar-refractivity contribution is 5.88. The molecule has 1 aliphatic rings. The molecule has 4 aromatic carbocycles. The number of nitrogens with one attached hydrogen (secondary N) is 1. The van der Waals surface area contributed by atoms with Crippen LogP contribution >= 0.6 is 0 Å². The molecular formula is C32H32N2O2. The van der Waals surface area contributed by atoms with Crippen molar-refractivity contribution in [2.24, 2.45) is 4.99 Å². The van der Waals surface area contributed by atoms with Crippen LogP contribution < -0.4 is 5.32 Å². The Morgan fingerprint density at radius 1 is 0.694 bits per heavy atom. The van der Waals surface area contributed by atoms with E-state index < -0.39 is 0 Å². The topological polar surface area (TPSA) is 64.9 Å². The Morgan fingerprint density at radius 2 is 1.31 bits per heavy atom. The molecule has 0 spiro atoms. The van der Waals surface area contributed by atoms with Crippen LogP contribution in [-0.2, 0) is 6.54 Å². The lowest BCUT2D eigenvalue weighted by atomic mass is 9.90. The Labute approximate surface area is 213 Å². The Morgan fingerprint density at radius 3 is 2.00 bits per heavy atom. The van der Waals surface area contributed by atoms with E-state index in [4.69, 9.17) is 4.99 Å². The third-order valence-electron chi connectivity index (χ3n) is 7.05. The smallest absolute Gasteiger partial charge is 0.132 e. The first-order valence-corrected chi connectivity index (χ1v) is 12.7. The molecule has 0 radical (unpaired) electrons. The van der Waals surface area contributed by atoms with Gasteiger partial charge in [0.15, 0.2) is 0 Å². The predicted molar refractivity (Wildman–Crippen MR) is 148 cm³/mol. The molecule has 0 saturated heterocycles. The molecule has 0 amide bonds. The first-order chi connectivity index (χ1) is 17.7. The van der Waals surface area contributed by atoms with E-state index in [1.807, 2.05) is 103 Å². The van der Waals surface area contributed by atoms with Crippen LogP contribution in [0.2, 0.25) is 0 Å². The van der Waals surface area contributed by atoms with Gasteiger partial charge in [0.1, 0.15) is 11.5 Å². The van der Waals surface area contributed by atoms with Crippen LogP contribution in [0.1, 0.15) is 36.8 Å². The number of aliphatic imine (C=N–C) groups is 1. The van der Waals surface area contributed by atoms with Crippen LogP contribution in [0.3, 0.4) is 0 Å². The van der Waals surface area contributed by atoms with Gasteiger partial charge in [-0.05, 0) is 30.0 Å². The molecule has 2 unspecified atom stereocenters. The fraction of sp³-hybridized carbons (Fsp3) is 0.219. The van der Waals surface area contributed by atoms with E-state index in [0.29, 0.717) is 12.3 Å². The summed E-state index contributed by atoms with van der Waals surface area (Å²) in [5, 5.41) is 25.5. The maximum absolute atomic E-state index is 10.9. The zero-order valence-corrected chi connectivity index (χ0v) is 20.3. The maximum Gasteiger partial charge on any atom is 0.132 e. The summed E-state index contributed by atoms with van der Waals surface area (Å²) in [5.41, 5.74) is 5.27. The van der Waals surface area contributed by atoms with Crippen molar-refractivity contribution in [2.75, 3.05) is 0 Å². The first-order valence-electron chi connectivity index (χ1n) is 12.7. The number of hydrogen-bond donors (Lipinski definition) is 3. The number of nitrogens with zero attached hydrogens (tertiary/aromatic N) is 1. The Bertz CT molecular complexity index is 1320. The average molecular weight is 477 g/mol. The summed E-state index contributed by atoms with van der Waals surface area (Å²) in [5.74, 6) is 0.588. The summed E-state index contributed by atoms with van der Waals surface area (Å²) in [6.45, 7) is 0.581. The molecule has 1 fully saturated rings. The molecule has 1 saturated carbocycles. The van der Waals surface area contributed by atoms with Crippen LogP contribution in [0.5, 0.6) is 11.5 Å². The third kappa shape index (κ3) is 5.34. The van der Waals surface area contributed by atoms with Gasteiger partial charge in [-0.3, -0.25) is 4.99 Å². The summed E-state index contributed by atoms with van der Waals surface area (Å²) in [7, 11) is 0. The second kappa shape index (κ2) is 11.2. The molecule has 0 bridgehead atoms. The minimum atomic E-state index is 0.123. The average Bonchev–Trinajstić information content (AvgIpc) is 2.93. The van der Waals surface area contributed by atoms with E-state index in [1.165, 1.54) is 0 Å². The second-order valence-electron chi connectivity index (χ2n) is 9.41. The fourth-order valence-corrected chi connectivity index (χ4v) is 5.05. The normalized spacial score (nSPS) is 17.9. The zero-order valence-electron chi connectivity index (χ0n) is 20.3. The van der Waals surface area contributed by atoms with Gasteiger partial charge in [-0.25, -0.2) is 0 Å². The number of phenols is 2. The van der Waals surface area contributed by atoms with Gasteiger partial charge < -0.3 is 15.5 Å². The Kier molecular flexibility index (Phi) is 7.44. The largest absolute Gasteiger partial charge is 0.507 e. The maximum atomic E-state index is 10.9. The summed E-state index contributed by atoms with van der Waals surface area (Å²) in [4.78, 5) is 4.92. The zero-order chi connectivity index (χ0) is 24.7. The van der Waals surface area contributed by atoms with E-state index in [9.17, 15) is 10.2 Å². The van der Waals surface area contributed by atoms with Crippen molar-refractivity contribution >= 4 is 6.21 Å². The van der Waals surface area contributed by atoms with Gasteiger partial charge in [-0.2, -0.15) is 0 Å². The van der Waals surface area contributed by atoms with E-state index >= 15 is 0 Å². The number of rotatable bonds is 7. The lowest BCUT2D eigenvalue weighted by molar-refractivity contribution is 0.327. The molecule has 182 valence electrons. The molecule has 2 atom stereocenters. The highest BCUT2D eigenvalue weighted by Gasteiger charge is 2.24. The summed E-state index contributed by atoms with van der Waals surface area (Å²) < 4.78 is 0. The first kappa shape index (κ1) is 23.8. The number of para-hydroxylation sites is 2. The minimum Gasteiger partial charge on any atom is -0.507 e. The Balaban J connectivity index is 1.30. The van der Waals surface area contributed by atoms with Crippen LogP contribution in [0.15, 0.2) is 102 Å². The monoisotopic (exact) mass is 476 g/mol. The molecular weight excluding hydrogens is 444 g/mol. The minimum absolute atomic E-state index is 0.123. The lowest BCUT2D eigenvalue weighted by Gasteiger charge is -2.30. The van der Waals surface area contributed by atoms with Crippen molar-refractivity contribution in [3.63, 3.8) is 0 Å². The van der Waals surface area contributed by atoms with Crippen molar-refractivity contribution < 1.29 is 10.2 Å². The Hall–Kier alpha value is -3.89. The van der Waals surface area contributed by atoms with Gasteiger partial charge in [0, 0.05) is 41.1 Å². The van der Waals surface area contributed by atoms with E-state index in [0.717, 1.165) is 59.1 Å². The molecule has 4 nitrogen and oxygen atoms in total. The van der Waals surface area contributed by atoms with Crippen LogP contribution in [-0.4, -0.2) is 28.5 Å². The van der Waals surface area contributed by atoms with Gasteiger partial charge in [-0.1, -0.05) is 104 Å².